The number of ketones is 1. The molecule has 7 nitrogen and oxygen atoms in total. The second-order valence-electron chi connectivity index (χ2n) is 3.04. The maximum atomic E-state index is 10.6. The zero-order valence-corrected chi connectivity index (χ0v) is 10.7. The van der Waals surface area contributed by atoms with Gasteiger partial charge in [0.25, 0.3) is 0 Å². The summed E-state index contributed by atoms with van der Waals surface area (Å²) >= 11 is 0. The van der Waals surface area contributed by atoms with Crippen LogP contribution in [0.4, 0.5) is 0 Å². The maximum absolute atomic E-state index is 10.6. The topological polar surface area (TPSA) is 110 Å². The average Bonchev–Trinajstić information content (AvgIpc) is 2.16. The molecule has 104 valence electrons. The Morgan fingerprint density at radius 2 is 1.28 bits per heavy atom. The lowest BCUT2D eigenvalue weighted by molar-refractivity contribution is -0.304. The predicted octanol–water partition coefficient (Wildman–Crippen LogP) is -0.782. The van der Waals surface area contributed by atoms with Crippen LogP contribution < -0.4 is 5.11 Å². The van der Waals surface area contributed by atoms with Gasteiger partial charge in [-0.25, -0.2) is 0 Å². The van der Waals surface area contributed by atoms with Crippen LogP contribution in [0.5, 0.6) is 0 Å². The molecule has 0 aliphatic heterocycles. The van der Waals surface area contributed by atoms with E-state index in [1.807, 2.05) is 0 Å². The van der Waals surface area contributed by atoms with Crippen molar-refractivity contribution in [2.45, 2.75) is 33.6 Å². The van der Waals surface area contributed by atoms with E-state index in [0.717, 1.165) is 0 Å². The standard InChI is InChI=1S/C7H12O4.C4H6O3/c1-3-10-6(8)5-7(9)11-4-2;1-3(5)2-4(6)7/h3-5H2,1-2H3;2H2,1H3,(H,6,7)/p-1. The van der Waals surface area contributed by atoms with Crippen molar-refractivity contribution >= 4 is 23.7 Å². The fourth-order valence-corrected chi connectivity index (χ4v) is 0.745. The number of carbonyl (C=O) groups excluding carboxylic acids is 4. The SMILES string of the molecule is CC(=O)CC(=O)[O-].CCOC(=O)CC(=O)OCC. The van der Waals surface area contributed by atoms with Crippen molar-refractivity contribution in [1.82, 2.24) is 0 Å². The van der Waals surface area contributed by atoms with Crippen molar-refractivity contribution in [3.63, 3.8) is 0 Å². The molecule has 0 fully saturated rings. The number of hydrogen-bond donors (Lipinski definition) is 0. The molecule has 0 N–H and O–H groups in total. The Hall–Kier alpha value is -1.92. The fraction of sp³-hybridized carbons (Fsp3) is 0.636. The largest absolute Gasteiger partial charge is 0.550 e. The van der Waals surface area contributed by atoms with Gasteiger partial charge in [-0.2, -0.15) is 0 Å². The summed E-state index contributed by atoms with van der Waals surface area (Å²) in [5.41, 5.74) is 0. The van der Waals surface area contributed by atoms with Gasteiger partial charge in [-0.3, -0.25) is 14.4 Å². The smallest absolute Gasteiger partial charge is 0.317 e. The molecule has 0 spiro atoms. The summed E-state index contributed by atoms with van der Waals surface area (Å²) in [6.07, 6.45) is -0.762. The molecule has 0 amide bonds. The Bertz CT molecular complexity index is 268. The molecule has 18 heavy (non-hydrogen) atoms. The van der Waals surface area contributed by atoms with Gasteiger partial charge in [-0.05, 0) is 20.8 Å². The van der Waals surface area contributed by atoms with Crippen molar-refractivity contribution in [1.29, 1.82) is 0 Å². The first-order valence-electron chi connectivity index (χ1n) is 5.33. The van der Waals surface area contributed by atoms with Crippen molar-refractivity contribution in [2.75, 3.05) is 13.2 Å². The third-order valence-corrected chi connectivity index (χ3v) is 1.29. The zero-order chi connectivity index (χ0) is 14.6. The first-order valence-corrected chi connectivity index (χ1v) is 5.33. The average molecular weight is 261 g/mol. The molecular weight excluding hydrogens is 244 g/mol. The molecule has 0 saturated carbocycles. The highest BCUT2D eigenvalue weighted by molar-refractivity contribution is 5.92. The number of aliphatic carboxylic acids is 1. The Labute approximate surface area is 105 Å². The van der Waals surface area contributed by atoms with Gasteiger partial charge in [0, 0.05) is 12.4 Å². The van der Waals surface area contributed by atoms with Gasteiger partial charge >= 0.3 is 11.9 Å². The summed E-state index contributed by atoms with van der Waals surface area (Å²) in [5, 5.41) is 9.48. The van der Waals surface area contributed by atoms with E-state index in [1.165, 1.54) is 6.92 Å². The quantitative estimate of drug-likeness (QED) is 0.455. The van der Waals surface area contributed by atoms with Crippen LogP contribution in [0, 0.1) is 0 Å². The Kier molecular flexibility index (Phi) is 11.8. The van der Waals surface area contributed by atoms with Crippen molar-refractivity contribution in [2.24, 2.45) is 0 Å². The van der Waals surface area contributed by atoms with E-state index >= 15 is 0 Å². The fourth-order valence-electron chi connectivity index (χ4n) is 0.745. The Balaban J connectivity index is 0. The summed E-state index contributed by atoms with van der Waals surface area (Å²) in [5.74, 6) is -2.76. The van der Waals surface area contributed by atoms with E-state index in [-0.39, 0.29) is 25.4 Å². The van der Waals surface area contributed by atoms with Crippen LogP contribution >= 0.6 is 0 Å². The van der Waals surface area contributed by atoms with E-state index in [9.17, 15) is 24.3 Å². The zero-order valence-electron chi connectivity index (χ0n) is 10.7. The van der Waals surface area contributed by atoms with E-state index in [4.69, 9.17) is 0 Å². The number of Topliss-reactive ketones (excluding diaryl/α,β-unsaturated/α-hetero) is 1. The van der Waals surface area contributed by atoms with Crippen LogP contribution in [0.1, 0.15) is 33.6 Å². The summed E-state index contributed by atoms with van der Waals surface area (Å²) in [7, 11) is 0. The number of esters is 2. The molecule has 7 heteroatoms. The van der Waals surface area contributed by atoms with Crippen LogP contribution in [-0.4, -0.2) is 36.9 Å². The van der Waals surface area contributed by atoms with Gasteiger partial charge in [0.1, 0.15) is 12.2 Å². The van der Waals surface area contributed by atoms with Gasteiger partial charge in [-0.15, -0.1) is 0 Å². The molecule has 0 radical (unpaired) electrons. The van der Waals surface area contributed by atoms with Crippen LogP contribution in [-0.2, 0) is 28.7 Å². The van der Waals surface area contributed by atoms with Crippen LogP contribution in [0.3, 0.4) is 0 Å². The maximum Gasteiger partial charge on any atom is 0.317 e. The highest BCUT2D eigenvalue weighted by atomic mass is 16.5. The monoisotopic (exact) mass is 261 g/mol. The van der Waals surface area contributed by atoms with Crippen molar-refractivity contribution in [3.05, 3.63) is 0 Å². The summed E-state index contributed by atoms with van der Waals surface area (Å²) < 4.78 is 9.04. The van der Waals surface area contributed by atoms with Gasteiger partial charge in [-0.1, -0.05) is 0 Å². The molecule has 0 aromatic heterocycles. The number of carboxylic acid groups (broad SMARTS) is 1. The number of carboxylic acids is 1. The third kappa shape index (κ3) is 16.5. The van der Waals surface area contributed by atoms with Crippen LogP contribution in [0.25, 0.3) is 0 Å². The molecule has 0 unspecified atom stereocenters. The second kappa shape index (κ2) is 11.6. The van der Waals surface area contributed by atoms with Gasteiger partial charge < -0.3 is 19.4 Å². The summed E-state index contributed by atoms with van der Waals surface area (Å²) in [6.45, 7) is 5.15. The third-order valence-electron chi connectivity index (χ3n) is 1.29. The van der Waals surface area contributed by atoms with Crippen molar-refractivity contribution in [3.8, 4) is 0 Å². The van der Waals surface area contributed by atoms with Crippen molar-refractivity contribution < 1.29 is 33.8 Å². The molecule has 0 rings (SSSR count). The molecule has 0 bridgehead atoms. The Morgan fingerprint density at radius 1 is 0.889 bits per heavy atom. The Morgan fingerprint density at radius 3 is 1.44 bits per heavy atom. The molecule has 0 atom stereocenters. The molecule has 0 aromatic rings. The molecule has 0 saturated heterocycles. The van der Waals surface area contributed by atoms with E-state index in [0.29, 0.717) is 0 Å². The molecule has 0 heterocycles. The first kappa shape index (κ1) is 18.4. The van der Waals surface area contributed by atoms with Crippen LogP contribution in [0.2, 0.25) is 0 Å². The van der Waals surface area contributed by atoms with E-state index in [2.05, 4.69) is 9.47 Å². The van der Waals surface area contributed by atoms with Gasteiger partial charge in [0.05, 0.1) is 13.2 Å². The van der Waals surface area contributed by atoms with Gasteiger partial charge in [0.15, 0.2) is 0 Å². The molecule has 0 aliphatic carbocycles. The minimum absolute atomic E-state index is 0.290. The predicted molar refractivity (Wildman–Crippen MR) is 58.2 cm³/mol. The molecular formula is C11H17O7-. The normalized spacial score (nSPS) is 8.61. The lowest BCUT2D eigenvalue weighted by Crippen LogP contribution is -2.24. The number of carbonyl (C=O) groups is 4. The minimum atomic E-state index is -1.31. The lowest BCUT2D eigenvalue weighted by atomic mass is 10.3. The summed E-state index contributed by atoms with van der Waals surface area (Å²) in [6, 6.07) is 0. The van der Waals surface area contributed by atoms with E-state index in [1.54, 1.807) is 13.8 Å². The molecule has 0 aliphatic rings. The highest BCUT2D eigenvalue weighted by Crippen LogP contribution is 1.89. The van der Waals surface area contributed by atoms with Crippen LogP contribution in [0.15, 0.2) is 0 Å². The highest BCUT2D eigenvalue weighted by Gasteiger charge is 2.09. The number of hydrogen-bond acceptors (Lipinski definition) is 7. The number of rotatable bonds is 6. The van der Waals surface area contributed by atoms with Gasteiger partial charge in [0.2, 0.25) is 0 Å². The minimum Gasteiger partial charge on any atom is -0.550 e. The summed E-state index contributed by atoms with van der Waals surface area (Å²) in [4.78, 5) is 40.5. The second-order valence-corrected chi connectivity index (χ2v) is 3.04. The number of ether oxygens (including phenoxy) is 2. The first-order chi connectivity index (χ1) is 8.33. The van der Waals surface area contributed by atoms with E-state index < -0.39 is 24.3 Å². The lowest BCUT2D eigenvalue weighted by Gasteiger charge is -2.00. The molecule has 0 aromatic carbocycles.